The summed E-state index contributed by atoms with van der Waals surface area (Å²) in [5, 5.41) is 2.26. The lowest BCUT2D eigenvalue weighted by molar-refractivity contribution is 0.669. The minimum atomic E-state index is 0.413. The third-order valence-corrected chi connectivity index (χ3v) is 5.87. The Morgan fingerprint density at radius 1 is 0.767 bits per heavy atom. The molecule has 0 spiro atoms. The third kappa shape index (κ3) is 2.85. The number of benzene rings is 3. The van der Waals surface area contributed by atoms with E-state index in [0.29, 0.717) is 11.8 Å². The van der Waals surface area contributed by atoms with Gasteiger partial charge in [0.15, 0.2) is 0 Å². The molecule has 0 aliphatic carbocycles. The van der Waals surface area contributed by atoms with E-state index >= 15 is 0 Å². The summed E-state index contributed by atoms with van der Waals surface area (Å²) in [6, 6.07) is 21.2. The van der Waals surface area contributed by atoms with E-state index in [9.17, 15) is 0 Å². The van der Waals surface area contributed by atoms with E-state index in [2.05, 4.69) is 87.0 Å². The largest absolute Gasteiger partial charge is 0.455 e. The van der Waals surface area contributed by atoms with E-state index in [1.165, 1.54) is 16.8 Å². The minimum absolute atomic E-state index is 0.413. The van der Waals surface area contributed by atoms with Crippen LogP contribution < -0.4 is 0 Å². The highest BCUT2D eigenvalue weighted by Crippen LogP contribution is 2.38. The fourth-order valence-electron chi connectivity index (χ4n) is 4.40. The predicted octanol–water partition coefficient (Wildman–Crippen LogP) is 7.69. The van der Waals surface area contributed by atoms with Gasteiger partial charge < -0.3 is 4.42 Å². The average Bonchev–Trinajstić information content (AvgIpc) is 3.37. The Kier molecular flexibility index (Phi) is 4.47. The van der Waals surface area contributed by atoms with Crippen molar-refractivity contribution in [3.05, 3.63) is 84.2 Å². The van der Waals surface area contributed by atoms with Crippen LogP contribution in [0.5, 0.6) is 0 Å². The van der Waals surface area contributed by atoms with Crippen LogP contribution in [-0.4, -0.2) is 9.55 Å². The van der Waals surface area contributed by atoms with Crippen molar-refractivity contribution in [3.8, 4) is 17.1 Å². The van der Waals surface area contributed by atoms with Gasteiger partial charge in [-0.1, -0.05) is 76.2 Å². The SMILES string of the molecule is CC(C)c1cccc(C(C)C)c1-n1ccnc1-c1cccc2c1oc1ccccc12. The summed E-state index contributed by atoms with van der Waals surface area (Å²) in [6.07, 6.45) is 3.96. The first kappa shape index (κ1) is 18.7. The smallest absolute Gasteiger partial charge is 0.148 e. The molecule has 0 aliphatic heterocycles. The second-order valence-electron chi connectivity index (χ2n) is 8.50. The predicted molar refractivity (Wildman–Crippen MR) is 124 cm³/mol. The summed E-state index contributed by atoms with van der Waals surface area (Å²) in [6.45, 7) is 9.00. The van der Waals surface area contributed by atoms with Crippen LogP contribution in [0.2, 0.25) is 0 Å². The van der Waals surface area contributed by atoms with Gasteiger partial charge in [0.1, 0.15) is 17.0 Å². The maximum absolute atomic E-state index is 6.30. The third-order valence-electron chi connectivity index (χ3n) is 5.87. The molecule has 2 heterocycles. The van der Waals surface area contributed by atoms with Crippen molar-refractivity contribution < 1.29 is 4.42 Å². The highest BCUT2D eigenvalue weighted by atomic mass is 16.3. The number of hydrogen-bond donors (Lipinski definition) is 0. The molecule has 0 bridgehead atoms. The van der Waals surface area contributed by atoms with E-state index in [1.54, 1.807) is 0 Å². The van der Waals surface area contributed by atoms with Crippen LogP contribution in [0.1, 0.15) is 50.7 Å². The van der Waals surface area contributed by atoms with Gasteiger partial charge in [0.2, 0.25) is 0 Å². The Balaban J connectivity index is 1.81. The highest BCUT2D eigenvalue weighted by Gasteiger charge is 2.21. The summed E-state index contributed by atoms with van der Waals surface area (Å²) in [7, 11) is 0. The molecule has 0 amide bonds. The van der Waals surface area contributed by atoms with Crippen molar-refractivity contribution in [2.75, 3.05) is 0 Å². The Morgan fingerprint density at radius 3 is 2.17 bits per heavy atom. The summed E-state index contributed by atoms with van der Waals surface area (Å²) in [5.41, 5.74) is 6.71. The molecule has 3 aromatic carbocycles. The number of aromatic nitrogens is 2. The first-order valence-electron chi connectivity index (χ1n) is 10.6. The number of rotatable bonds is 4. The minimum Gasteiger partial charge on any atom is -0.455 e. The van der Waals surface area contributed by atoms with Crippen LogP contribution in [0.15, 0.2) is 77.5 Å². The Morgan fingerprint density at radius 2 is 1.43 bits per heavy atom. The van der Waals surface area contributed by atoms with Crippen LogP contribution in [0.25, 0.3) is 39.0 Å². The fourth-order valence-corrected chi connectivity index (χ4v) is 4.40. The number of nitrogens with zero attached hydrogens (tertiary/aromatic N) is 2. The number of para-hydroxylation sites is 3. The molecule has 0 atom stereocenters. The van der Waals surface area contributed by atoms with Crippen LogP contribution >= 0.6 is 0 Å². The molecule has 0 saturated carbocycles. The molecule has 30 heavy (non-hydrogen) atoms. The Labute approximate surface area is 177 Å². The van der Waals surface area contributed by atoms with E-state index in [4.69, 9.17) is 9.40 Å². The normalized spacial score (nSPS) is 11.9. The second kappa shape index (κ2) is 7.17. The lowest BCUT2D eigenvalue weighted by atomic mass is 9.92. The molecule has 0 unspecified atom stereocenters. The number of fused-ring (bicyclic) bond motifs is 3. The van der Waals surface area contributed by atoms with Crippen molar-refractivity contribution >= 4 is 21.9 Å². The van der Waals surface area contributed by atoms with Gasteiger partial charge in [-0.2, -0.15) is 0 Å². The van der Waals surface area contributed by atoms with Gasteiger partial charge in [-0.3, -0.25) is 4.57 Å². The maximum atomic E-state index is 6.30. The quantitative estimate of drug-likeness (QED) is 0.313. The summed E-state index contributed by atoms with van der Waals surface area (Å²) in [4.78, 5) is 4.79. The maximum Gasteiger partial charge on any atom is 0.148 e. The lowest BCUT2D eigenvalue weighted by Crippen LogP contribution is -2.07. The first-order chi connectivity index (χ1) is 14.6. The van der Waals surface area contributed by atoms with Gasteiger partial charge in [-0.05, 0) is 35.1 Å². The zero-order chi connectivity index (χ0) is 20.8. The van der Waals surface area contributed by atoms with Crippen molar-refractivity contribution in [2.45, 2.75) is 39.5 Å². The Hall–Kier alpha value is -3.33. The molecule has 5 aromatic rings. The van der Waals surface area contributed by atoms with Crippen LogP contribution in [0, 0.1) is 0 Å². The molecule has 0 fully saturated rings. The van der Waals surface area contributed by atoms with Crippen molar-refractivity contribution in [1.29, 1.82) is 0 Å². The van der Waals surface area contributed by atoms with Gasteiger partial charge in [0.25, 0.3) is 0 Å². The standard InChI is InChI=1S/C27H26N2O/c1-17(2)19-10-7-11-20(18(3)4)25(19)29-16-15-28-27(29)23-13-8-12-22-21-9-5-6-14-24(21)30-26(22)23/h5-18H,1-4H3. The highest BCUT2D eigenvalue weighted by molar-refractivity contribution is 6.09. The summed E-state index contributed by atoms with van der Waals surface area (Å²) < 4.78 is 8.54. The van der Waals surface area contributed by atoms with Crippen LogP contribution in [0.4, 0.5) is 0 Å². The monoisotopic (exact) mass is 394 g/mol. The average molecular weight is 395 g/mol. The van der Waals surface area contributed by atoms with E-state index in [0.717, 1.165) is 33.3 Å². The second-order valence-corrected chi connectivity index (χ2v) is 8.50. The molecular formula is C27H26N2O. The van der Waals surface area contributed by atoms with Gasteiger partial charge in [0, 0.05) is 23.2 Å². The lowest BCUT2D eigenvalue weighted by Gasteiger charge is -2.21. The molecule has 0 N–H and O–H groups in total. The molecular weight excluding hydrogens is 368 g/mol. The zero-order valence-electron chi connectivity index (χ0n) is 17.9. The van der Waals surface area contributed by atoms with Crippen LogP contribution in [0.3, 0.4) is 0 Å². The molecule has 0 aliphatic rings. The van der Waals surface area contributed by atoms with Crippen molar-refractivity contribution in [3.63, 3.8) is 0 Å². The summed E-state index contributed by atoms with van der Waals surface area (Å²) >= 11 is 0. The number of imidazole rings is 1. The van der Waals surface area contributed by atoms with Gasteiger partial charge >= 0.3 is 0 Å². The topological polar surface area (TPSA) is 31.0 Å². The van der Waals surface area contributed by atoms with E-state index < -0.39 is 0 Å². The van der Waals surface area contributed by atoms with Crippen molar-refractivity contribution in [1.82, 2.24) is 9.55 Å². The van der Waals surface area contributed by atoms with Gasteiger partial charge in [-0.15, -0.1) is 0 Å². The Bertz CT molecular complexity index is 1330. The van der Waals surface area contributed by atoms with Gasteiger partial charge in [-0.25, -0.2) is 4.98 Å². The van der Waals surface area contributed by atoms with E-state index in [-0.39, 0.29) is 0 Å². The zero-order valence-corrected chi connectivity index (χ0v) is 17.9. The molecule has 0 saturated heterocycles. The number of furan rings is 1. The molecule has 5 rings (SSSR count). The molecule has 3 heteroatoms. The fraction of sp³-hybridized carbons (Fsp3) is 0.222. The van der Waals surface area contributed by atoms with E-state index in [1.807, 2.05) is 18.3 Å². The summed E-state index contributed by atoms with van der Waals surface area (Å²) in [5.74, 6) is 1.74. The first-order valence-corrected chi connectivity index (χ1v) is 10.6. The van der Waals surface area contributed by atoms with Crippen LogP contribution in [-0.2, 0) is 0 Å². The molecule has 0 radical (unpaired) electrons. The molecule has 2 aromatic heterocycles. The molecule has 3 nitrogen and oxygen atoms in total. The van der Waals surface area contributed by atoms with Gasteiger partial charge in [0.05, 0.1) is 11.3 Å². The molecule has 150 valence electrons. The number of hydrogen-bond acceptors (Lipinski definition) is 2. The van der Waals surface area contributed by atoms with Crippen molar-refractivity contribution in [2.24, 2.45) is 0 Å².